The van der Waals surface area contributed by atoms with Crippen LogP contribution in [-0.4, -0.2) is 67.3 Å². The van der Waals surface area contributed by atoms with Gasteiger partial charge < -0.3 is 9.64 Å². The molecular weight excluding hydrogens is 454 g/mol. The Morgan fingerprint density at radius 1 is 0.969 bits per heavy atom. The molecule has 166 valence electrons. The number of fused-ring (bicyclic) bond motifs is 1. The van der Waals surface area contributed by atoms with E-state index >= 15 is 0 Å². The van der Waals surface area contributed by atoms with Crippen LogP contribution in [0.5, 0.6) is 0 Å². The summed E-state index contributed by atoms with van der Waals surface area (Å²) >= 11 is 5.85. The van der Waals surface area contributed by atoms with E-state index in [0.29, 0.717) is 0 Å². The standard InChI is InChI=1S/C22H20ClN3O5S/c23-21-19(6-3-9-24-21)22(28)31-15-20(27)25-10-12-26(13-11-25)32(29,30)18-8-7-16-4-1-2-5-17(16)14-18/h1-9,14H,10-13,15H2. The predicted octanol–water partition coefficient (Wildman–Crippen LogP) is 2.58. The maximum atomic E-state index is 13.0. The minimum atomic E-state index is -3.68. The fraction of sp³-hybridized carbons (Fsp3) is 0.227. The number of rotatable bonds is 5. The third-order valence-electron chi connectivity index (χ3n) is 5.26. The molecule has 0 saturated carbocycles. The maximum absolute atomic E-state index is 13.0. The van der Waals surface area contributed by atoms with Crippen molar-refractivity contribution in [1.82, 2.24) is 14.2 Å². The molecule has 4 rings (SSSR count). The van der Waals surface area contributed by atoms with Crippen LogP contribution < -0.4 is 0 Å². The minimum Gasteiger partial charge on any atom is -0.452 e. The molecular formula is C22H20ClN3O5S. The Kier molecular flexibility index (Phi) is 6.40. The molecule has 1 fully saturated rings. The van der Waals surface area contributed by atoms with Gasteiger partial charge in [0.25, 0.3) is 5.91 Å². The summed E-state index contributed by atoms with van der Waals surface area (Å²) in [5.74, 6) is -1.14. The Balaban J connectivity index is 1.35. The van der Waals surface area contributed by atoms with Crippen LogP contribution in [0.3, 0.4) is 0 Å². The molecule has 0 N–H and O–H groups in total. The van der Waals surface area contributed by atoms with Gasteiger partial charge in [0.1, 0.15) is 5.15 Å². The summed E-state index contributed by atoms with van der Waals surface area (Å²) in [6.45, 7) is 0.266. The van der Waals surface area contributed by atoms with E-state index in [1.165, 1.54) is 21.5 Å². The second-order valence-electron chi connectivity index (χ2n) is 7.21. The van der Waals surface area contributed by atoms with Crippen LogP contribution in [0.2, 0.25) is 5.15 Å². The first-order valence-corrected chi connectivity index (χ1v) is 11.7. The van der Waals surface area contributed by atoms with Gasteiger partial charge in [0.2, 0.25) is 10.0 Å². The molecule has 8 nitrogen and oxygen atoms in total. The molecule has 0 spiro atoms. The molecule has 2 aromatic carbocycles. The number of benzene rings is 2. The van der Waals surface area contributed by atoms with Gasteiger partial charge in [0, 0.05) is 32.4 Å². The third-order valence-corrected chi connectivity index (χ3v) is 7.45. The number of esters is 1. The summed E-state index contributed by atoms with van der Waals surface area (Å²) in [6, 6.07) is 15.6. The summed E-state index contributed by atoms with van der Waals surface area (Å²) in [5.41, 5.74) is 0.0771. The molecule has 0 radical (unpaired) electrons. The lowest BCUT2D eigenvalue weighted by atomic mass is 10.1. The Hall–Kier alpha value is -3.01. The summed E-state index contributed by atoms with van der Waals surface area (Å²) in [6.07, 6.45) is 1.44. The van der Waals surface area contributed by atoms with E-state index in [1.807, 2.05) is 24.3 Å². The average Bonchev–Trinajstić information content (AvgIpc) is 2.82. The molecule has 2 heterocycles. The zero-order valence-corrected chi connectivity index (χ0v) is 18.6. The third kappa shape index (κ3) is 4.59. The monoisotopic (exact) mass is 473 g/mol. The Morgan fingerprint density at radius 2 is 1.69 bits per heavy atom. The van der Waals surface area contributed by atoms with E-state index in [0.717, 1.165) is 10.8 Å². The highest BCUT2D eigenvalue weighted by atomic mass is 35.5. The minimum absolute atomic E-state index is 0.00235. The van der Waals surface area contributed by atoms with Gasteiger partial charge in [-0.05, 0) is 35.0 Å². The molecule has 0 aliphatic carbocycles. The van der Waals surface area contributed by atoms with Gasteiger partial charge in [-0.2, -0.15) is 4.31 Å². The number of sulfonamides is 1. The van der Waals surface area contributed by atoms with E-state index < -0.39 is 28.5 Å². The summed E-state index contributed by atoms with van der Waals surface area (Å²) < 4.78 is 32.5. The van der Waals surface area contributed by atoms with Gasteiger partial charge in [-0.3, -0.25) is 4.79 Å². The normalized spacial score (nSPS) is 15.0. The fourth-order valence-corrected chi connectivity index (χ4v) is 5.14. The van der Waals surface area contributed by atoms with Crippen molar-refractivity contribution >= 4 is 44.3 Å². The zero-order chi connectivity index (χ0) is 22.7. The Bertz CT molecular complexity index is 1270. The second-order valence-corrected chi connectivity index (χ2v) is 9.51. The van der Waals surface area contributed by atoms with Crippen LogP contribution in [0.4, 0.5) is 0 Å². The highest BCUT2D eigenvalue weighted by Gasteiger charge is 2.30. The van der Waals surface area contributed by atoms with Crippen molar-refractivity contribution in [2.75, 3.05) is 32.8 Å². The van der Waals surface area contributed by atoms with E-state index in [4.69, 9.17) is 16.3 Å². The first kappa shape index (κ1) is 22.2. The summed E-state index contributed by atoms with van der Waals surface area (Å²) in [4.78, 5) is 30.0. The maximum Gasteiger partial charge on any atom is 0.341 e. The lowest BCUT2D eigenvalue weighted by Gasteiger charge is -2.33. The Morgan fingerprint density at radius 3 is 2.41 bits per heavy atom. The van der Waals surface area contributed by atoms with Crippen LogP contribution in [0, 0.1) is 0 Å². The number of hydrogen-bond acceptors (Lipinski definition) is 6. The smallest absolute Gasteiger partial charge is 0.341 e. The number of pyridine rings is 1. The number of carbonyl (C=O) groups is 2. The van der Waals surface area contributed by atoms with E-state index in [1.54, 1.807) is 24.3 Å². The van der Waals surface area contributed by atoms with Crippen molar-refractivity contribution in [1.29, 1.82) is 0 Å². The highest BCUT2D eigenvalue weighted by Crippen LogP contribution is 2.23. The largest absolute Gasteiger partial charge is 0.452 e. The van der Waals surface area contributed by atoms with Crippen LogP contribution in [0.25, 0.3) is 10.8 Å². The van der Waals surface area contributed by atoms with Crippen molar-refractivity contribution in [2.24, 2.45) is 0 Å². The molecule has 1 aliphatic heterocycles. The number of halogens is 1. The first-order chi connectivity index (χ1) is 15.4. The molecule has 3 aromatic rings. The van der Waals surface area contributed by atoms with Crippen molar-refractivity contribution in [3.05, 3.63) is 71.5 Å². The lowest BCUT2D eigenvalue weighted by Crippen LogP contribution is -2.51. The topological polar surface area (TPSA) is 96.9 Å². The molecule has 32 heavy (non-hydrogen) atoms. The Labute approximate surface area is 190 Å². The van der Waals surface area contributed by atoms with E-state index in [-0.39, 0.29) is 41.8 Å². The molecule has 0 bridgehead atoms. The van der Waals surface area contributed by atoms with Gasteiger partial charge >= 0.3 is 5.97 Å². The zero-order valence-electron chi connectivity index (χ0n) is 17.0. The molecule has 10 heteroatoms. The SMILES string of the molecule is O=C(OCC(=O)N1CCN(S(=O)(=O)c2ccc3ccccc3c2)CC1)c1cccnc1Cl. The molecule has 1 amide bonds. The molecule has 0 atom stereocenters. The van der Waals surface area contributed by atoms with Crippen molar-refractivity contribution in [2.45, 2.75) is 4.90 Å². The van der Waals surface area contributed by atoms with Gasteiger partial charge in [0.05, 0.1) is 10.5 Å². The summed E-state index contributed by atoms with van der Waals surface area (Å²) in [7, 11) is -3.68. The van der Waals surface area contributed by atoms with Crippen LogP contribution in [-0.2, 0) is 19.6 Å². The predicted molar refractivity (Wildman–Crippen MR) is 119 cm³/mol. The quantitative estimate of drug-likeness (QED) is 0.417. The lowest BCUT2D eigenvalue weighted by molar-refractivity contribution is -0.135. The molecule has 1 saturated heterocycles. The van der Waals surface area contributed by atoms with Gasteiger partial charge in [-0.25, -0.2) is 18.2 Å². The second kappa shape index (κ2) is 9.23. The first-order valence-electron chi connectivity index (χ1n) is 9.90. The van der Waals surface area contributed by atoms with Gasteiger partial charge in [-0.15, -0.1) is 0 Å². The van der Waals surface area contributed by atoms with Gasteiger partial charge in [0.15, 0.2) is 6.61 Å². The van der Waals surface area contributed by atoms with Crippen molar-refractivity contribution in [3.8, 4) is 0 Å². The van der Waals surface area contributed by atoms with E-state index in [2.05, 4.69) is 4.98 Å². The number of aromatic nitrogens is 1. The molecule has 1 aromatic heterocycles. The van der Waals surface area contributed by atoms with Crippen LogP contribution in [0.1, 0.15) is 10.4 Å². The average molecular weight is 474 g/mol. The number of piperazine rings is 1. The van der Waals surface area contributed by atoms with E-state index in [9.17, 15) is 18.0 Å². The molecule has 1 aliphatic rings. The number of hydrogen-bond donors (Lipinski definition) is 0. The number of carbonyl (C=O) groups excluding carboxylic acids is 2. The van der Waals surface area contributed by atoms with Crippen LogP contribution >= 0.6 is 11.6 Å². The van der Waals surface area contributed by atoms with Gasteiger partial charge in [-0.1, -0.05) is 41.9 Å². The highest BCUT2D eigenvalue weighted by molar-refractivity contribution is 7.89. The van der Waals surface area contributed by atoms with Crippen molar-refractivity contribution < 1.29 is 22.7 Å². The molecule has 0 unspecified atom stereocenters. The summed E-state index contributed by atoms with van der Waals surface area (Å²) in [5, 5.41) is 1.80. The van der Waals surface area contributed by atoms with Crippen molar-refractivity contribution in [3.63, 3.8) is 0 Å². The number of ether oxygens (including phenoxy) is 1. The number of nitrogens with zero attached hydrogens (tertiary/aromatic N) is 3. The van der Waals surface area contributed by atoms with Crippen LogP contribution in [0.15, 0.2) is 65.7 Å². The fourth-order valence-electron chi connectivity index (χ4n) is 3.49. The number of amides is 1.